The summed E-state index contributed by atoms with van der Waals surface area (Å²) in [5.41, 5.74) is 0. The Morgan fingerprint density at radius 1 is 1.33 bits per heavy atom. The monoisotopic (exact) mass is 233 g/mol. The van der Waals surface area contributed by atoms with E-state index in [0.29, 0.717) is 12.0 Å². The molecule has 0 spiro atoms. The lowest BCUT2D eigenvalue weighted by molar-refractivity contribution is 0.0585. The first-order chi connectivity index (χ1) is 6.91. The van der Waals surface area contributed by atoms with Crippen molar-refractivity contribution in [3.05, 3.63) is 0 Å². The Hall–Kier alpha value is 0.230. The van der Waals surface area contributed by atoms with E-state index >= 15 is 0 Å². The molecule has 15 heavy (non-hydrogen) atoms. The van der Waals surface area contributed by atoms with Gasteiger partial charge in [-0.25, -0.2) is 0 Å². The van der Waals surface area contributed by atoms with E-state index in [1.165, 1.54) is 0 Å². The maximum Gasteiger partial charge on any atom is 0.136 e. The number of rotatable bonds is 3. The van der Waals surface area contributed by atoms with Gasteiger partial charge in [0, 0.05) is 24.6 Å². The van der Waals surface area contributed by atoms with Gasteiger partial charge in [-0.05, 0) is 46.5 Å². The van der Waals surface area contributed by atoms with Crippen LogP contribution in [0.4, 0.5) is 0 Å². The highest BCUT2D eigenvalue weighted by atomic mass is 32.2. The van der Waals surface area contributed by atoms with Crippen LogP contribution in [-0.4, -0.2) is 28.6 Å². The maximum atomic E-state index is 11.9. The van der Waals surface area contributed by atoms with Crippen LogP contribution in [0.3, 0.4) is 0 Å². The van der Waals surface area contributed by atoms with Crippen molar-refractivity contribution in [3.63, 3.8) is 0 Å². The van der Waals surface area contributed by atoms with Gasteiger partial charge in [-0.15, -0.1) is 4.72 Å². The molecule has 1 N–H and O–H groups in total. The molecule has 2 atom stereocenters. The largest absolute Gasteiger partial charge is 0.598 e. The highest BCUT2D eigenvalue weighted by molar-refractivity contribution is 7.90. The highest BCUT2D eigenvalue weighted by Crippen LogP contribution is 2.21. The van der Waals surface area contributed by atoms with Gasteiger partial charge in [-0.3, -0.25) is 0 Å². The number of hydrogen-bond acceptors (Lipinski definition) is 3. The van der Waals surface area contributed by atoms with E-state index in [-0.39, 0.29) is 4.75 Å². The van der Waals surface area contributed by atoms with Gasteiger partial charge in [0.25, 0.3) is 0 Å². The van der Waals surface area contributed by atoms with Crippen LogP contribution in [0.2, 0.25) is 0 Å². The van der Waals surface area contributed by atoms with Crippen molar-refractivity contribution in [3.8, 4) is 0 Å². The molecule has 0 aromatic rings. The molecule has 3 nitrogen and oxygen atoms in total. The van der Waals surface area contributed by atoms with Gasteiger partial charge in [0.15, 0.2) is 0 Å². The smallest absolute Gasteiger partial charge is 0.136 e. The molecule has 0 aromatic carbocycles. The number of ether oxygens (including phenoxy) is 1. The third-order valence-corrected chi connectivity index (χ3v) is 4.52. The van der Waals surface area contributed by atoms with Crippen LogP contribution >= 0.6 is 0 Å². The fourth-order valence-electron chi connectivity index (χ4n) is 1.66. The minimum absolute atomic E-state index is 0.181. The molecular formula is C11H23NO2S. The third-order valence-electron chi connectivity index (χ3n) is 2.82. The topological polar surface area (TPSA) is 44.3 Å². The zero-order valence-electron chi connectivity index (χ0n) is 10.2. The van der Waals surface area contributed by atoms with Gasteiger partial charge in [-0.1, -0.05) is 0 Å². The van der Waals surface area contributed by atoms with Crippen molar-refractivity contribution in [2.75, 3.05) is 13.2 Å². The molecule has 1 aliphatic rings. The molecule has 1 aliphatic heterocycles. The molecule has 0 radical (unpaired) electrons. The molecule has 4 heteroatoms. The molecule has 0 saturated carbocycles. The van der Waals surface area contributed by atoms with E-state index in [2.05, 4.69) is 11.6 Å². The first-order valence-corrected chi connectivity index (χ1v) is 6.82. The summed E-state index contributed by atoms with van der Waals surface area (Å²) in [5, 5.41) is 0. The van der Waals surface area contributed by atoms with E-state index in [4.69, 9.17) is 4.74 Å². The van der Waals surface area contributed by atoms with Gasteiger partial charge in [0.2, 0.25) is 0 Å². The fraction of sp³-hybridized carbons (Fsp3) is 1.00. The number of hydrogen-bond donors (Lipinski definition) is 1. The second-order valence-corrected chi connectivity index (χ2v) is 7.24. The number of nitrogens with one attached hydrogen (secondary N) is 1. The zero-order chi connectivity index (χ0) is 11.5. The van der Waals surface area contributed by atoms with Crippen molar-refractivity contribution >= 4 is 11.4 Å². The van der Waals surface area contributed by atoms with E-state index in [0.717, 1.165) is 26.1 Å². The van der Waals surface area contributed by atoms with Gasteiger partial charge >= 0.3 is 0 Å². The van der Waals surface area contributed by atoms with Crippen molar-refractivity contribution in [2.45, 2.75) is 51.3 Å². The summed E-state index contributed by atoms with van der Waals surface area (Å²) in [6.45, 7) is 9.80. The lowest BCUT2D eigenvalue weighted by atomic mass is 9.94. The Balaban J connectivity index is 2.36. The summed E-state index contributed by atoms with van der Waals surface area (Å²) >= 11 is -0.960. The van der Waals surface area contributed by atoms with E-state index in [1.54, 1.807) is 0 Å². The Kier molecular flexibility index (Phi) is 4.90. The van der Waals surface area contributed by atoms with Crippen molar-refractivity contribution in [1.82, 2.24) is 4.72 Å². The van der Waals surface area contributed by atoms with Crippen LogP contribution in [-0.2, 0) is 16.1 Å². The molecule has 1 fully saturated rings. The van der Waals surface area contributed by atoms with E-state index in [9.17, 15) is 4.55 Å². The molecule has 1 heterocycles. The molecule has 1 rings (SSSR count). The second kappa shape index (κ2) is 5.53. The lowest BCUT2D eigenvalue weighted by Crippen LogP contribution is -2.47. The van der Waals surface area contributed by atoms with Crippen LogP contribution in [0, 0.1) is 5.92 Å². The Bertz CT molecular complexity index is 188. The summed E-state index contributed by atoms with van der Waals surface area (Å²) in [6, 6.07) is 0.314. The van der Waals surface area contributed by atoms with Gasteiger partial charge in [0.05, 0.1) is 6.04 Å². The Morgan fingerprint density at radius 2 is 1.87 bits per heavy atom. The predicted molar refractivity (Wildman–Crippen MR) is 64.0 cm³/mol. The van der Waals surface area contributed by atoms with Crippen molar-refractivity contribution in [1.29, 1.82) is 0 Å². The SMILES string of the molecule is C[C@@H](N[S@@+]([O-])C(C)(C)C)C1CCOCC1. The molecule has 0 bridgehead atoms. The summed E-state index contributed by atoms with van der Waals surface area (Å²) in [4.78, 5) is 0. The van der Waals surface area contributed by atoms with Crippen LogP contribution in [0.15, 0.2) is 0 Å². The summed E-state index contributed by atoms with van der Waals surface area (Å²) in [6.07, 6.45) is 2.16. The molecular weight excluding hydrogens is 210 g/mol. The second-order valence-electron chi connectivity index (χ2n) is 5.24. The zero-order valence-corrected chi connectivity index (χ0v) is 11.0. The average Bonchev–Trinajstić information content (AvgIpc) is 2.17. The Morgan fingerprint density at radius 3 is 2.33 bits per heavy atom. The molecule has 0 aromatic heterocycles. The fourth-order valence-corrected chi connectivity index (χ4v) is 2.54. The van der Waals surface area contributed by atoms with Crippen LogP contribution < -0.4 is 4.72 Å². The summed E-state index contributed by atoms with van der Waals surface area (Å²) in [7, 11) is 0. The van der Waals surface area contributed by atoms with E-state index in [1.807, 2.05) is 20.8 Å². The molecule has 0 unspecified atom stereocenters. The minimum Gasteiger partial charge on any atom is -0.598 e. The molecule has 0 amide bonds. The van der Waals surface area contributed by atoms with Gasteiger partial charge in [-0.2, -0.15) is 0 Å². The third kappa shape index (κ3) is 4.31. The summed E-state index contributed by atoms with van der Waals surface area (Å²) in [5.74, 6) is 0.602. The first kappa shape index (κ1) is 13.3. The van der Waals surface area contributed by atoms with Crippen molar-refractivity contribution < 1.29 is 9.29 Å². The quantitative estimate of drug-likeness (QED) is 0.757. The van der Waals surface area contributed by atoms with Gasteiger partial charge < -0.3 is 9.29 Å². The highest BCUT2D eigenvalue weighted by Gasteiger charge is 2.31. The minimum atomic E-state index is -0.960. The van der Waals surface area contributed by atoms with E-state index < -0.39 is 11.4 Å². The van der Waals surface area contributed by atoms with Crippen LogP contribution in [0.1, 0.15) is 40.5 Å². The van der Waals surface area contributed by atoms with Gasteiger partial charge in [0.1, 0.15) is 4.75 Å². The molecule has 1 saturated heterocycles. The van der Waals surface area contributed by atoms with Crippen LogP contribution in [0.25, 0.3) is 0 Å². The molecule has 90 valence electrons. The van der Waals surface area contributed by atoms with Crippen molar-refractivity contribution in [2.24, 2.45) is 5.92 Å². The predicted octanol–water partition coefficient (Wildman–Crippen LogP) is 1.85. The first-order valence-electron chi connectivity index (χ1n) is 5.67. The average molecular weight is 233 g/mol. The summed E-state index contributed by atoms with van der Waals surface area (Å²) < 4.78 is 20.2. The Labute approximate surface area is 96.3 Å². The lowest BCUT2D eigenvalue weighted by Gasteiger charge is -2.31. The standard InChI is InChI=1S/C11H23NO2S/c1-9(10-5-7-14-8-6-10)12-15(13)11(2,3)4/h9-10,12H,5-8H2,1-4H3/t9-,15+/m1/s1. The van der Waals surface area contributed by atoms with Crippen LogP contribution in [0.5, 0.6) is 0 Å². The maximum absolute atomic E-state index is 11.9. The normalized spacial score (nSPS) is 23.8. The molecule has 0 aliphatic carbocycles.